The number of benzene rings is 3. The second-order valence-electron chi connectivity index (χ2n) is 5.69. The lowest BCUT2D eigenvalue weighted by Crippen LogP contribution is -2.07. The van der Waals surface area contributed by atoms with Crippen molar-refractivity contribution in [3.8, 4) is 5.75 Å². The lowest BCUT2D eigenvalue weighted by molar-refractivity contribution is 0.0472. The van der Waals surface area contributed by atoms with Crippen LogP contribution in [0.2, 0.25) is 0 Å². The summed E-state index contributed by atoms with van der Waals surface area (Å²) < 4.78 is 10.8. The van der Waals surface area contributed by atoms with E-state index >= 15 is 0 Å². The van der Waals surface area contributed by atoms with Gasteiger partial charge in [-0.2, -0.15) is 0 Å². The molecule has 0 radical (unpaired) electrons. The van der Waals surface area contributed by atoms with Gasteiger partial charge in [-0.15, -0.1) is 0 Å². The molecule has 0 aromatic heterocycles. The predicted octanol–water partition coefficient (Wildman–Crippen LogP) is 4.41. The Morgan fingerprint density at radius 3 is 2.48 bits per heavy atom. The number of hydrogen-bond donors (Lipinski definition) is 0. The Morgan fingerprint density at radius 2 is 1.72 bits per heavy atom. The Morgan fingerprint density at radius 1 is 0.960 bits per heavy atom. The number of methoxy groups -OCH3 is 1. The third kappa shape index (κ3) is 3.53. The number of fused-ring (bicyclic) bond motifs is 1. The van der Waals surface area contributed by atoms with Crippen LogP contribution in [-0.2, 0) is 11.3 Å². The topological polar surface area (TPSA) is 52.6 Å². The number of Topliss-reactive ketones (excluding diaryl/α,β-unsaturated/α-hetero) is 1. The molecule has 0 saturated heterocycles. The minimum absolute atomic E-state index is 0.0341. The number of esters is 1. The number of carbonyl (C=O) groups excluding carboxylic acids is 2. The van der Waals surface area contributed by atoms with Gasteiger partial charge in [-0.05, 0) is 42.0 Å². The van der Waals surface area contributed by atoms with Gasteiger partial charge in [0, 0.05) is 11.1 Å². The summed E-state index contributed by atoms with van der Waals surface area (Å²) in [6, 6.07) is 18.3. The van der Waals surface area contributed by atoms with E-state index in [1.807, 2.05) is 36.4 Å². The lowest BCUT2D eigenvalue weighted by Gasteiger charge is -2.11. The maximum absolute atomic E-state index is 12.5. The molecule has 4 nitrogen and oxygen atoms in total. The number of carbonyl (C=O) groups is 2. The highest BCUT2D eigenvalue weighted by atomic mass is 16.5. The summed E-state index contributed by atoms with van der Waals surface area (Å²) >= 11 is 0. The Bertz CT molecular complexity index is 938. The first kappa shape index (κ1) is 16.7. The van der Waals surface area contributed by atoms with Crippen LogP contribution in [0.5, 0.6) is 5.75 Å². The minimum atomic E-state index is -0.410. The zero-order chi connectivity index (χ0) is 17.8. The smallest absolute Gasteiger partial charge is 0.339 e. The first-order chi connectivity index (χ1) is 12.1. The Balaban J connectivity index is 1.85. The van der Waals surface area contributed by atoms with Crippen molar-refractivity contribution in [2.45, 2.75) is 13.5 Å². The fourth-order valence-corrected chi connectivity index (χ4v) is 2.73. The van der Waals surface area contributed by atoms with Crippen LogP contribution in [0.25, 0.3) is 10.8 Å². The molecule has 0 heterocycles. The van der Waals surface area contributed by atoms with Crippen molar-refractivity contribution in [1.29, 1.82) is 0 Å². The summed E-state index contributed by atoms with van der Waals surface area (Å²) in [7, 11) is 1.54. The second kappa shape index (κ2) is 7.18. The van der Waals surface area contributed by atoms with Gasteiger partial charge >= 0.3 is 5.97 Å². The van der Waals surface area contributed by atoms with Crippen LogP contribution in [-0.4, -0.2) is 18.9 Å². The van der Waals surface area contributed by atoms with Gasteiger partial charge in [0.1, 0.15) is 12.4 Å². The highest BCUT2D eigenvalue weighted by Crippen LogP contribution is 2.23. The normalized spacial score (nSPS) is 10.5. The summed E-state index contributed by atoms with van der Waals surface area (Å²) in [5.74, 6) is 0.118. The average Bonchev–Trinajstić information content (AvgIpc) is 2.65. The summed E-state index contributed by atoms with van der Waals surface area (Å²) in [6.07, 6.45) is 0. The van der Waals surface area contributed by atoms with Crippen molar-refractivity contribution in [2.24, 2.45) is 0 Å². The van der Waals surface area contributed by atoms with E-state index < -0.39 is 5.97 Å². The van der Waals surface area contributed by atoms with E-state index in [1.165, 1.54) is 6.92 Å². The molecule has 126 valence electrons. The largest absolute Gasteiger partial charge is 0.496 e. The van der Waals surface area contributed by atoms with Crippen molar-refractivity contribution < 1.29 is 19.1 Å². The molecule has 3 aromatic rings. The predicted molar refractivity (Wildman–Crippen MR) is 96.1 cm³/mol. The van der Waals surface area contributed by atoms with E-state index in [0.29, 0.717) is 22.4 Å². The zero-order valence-corrected chi connectivity index (χ0v) is 14.1. The van der Waals surface area contributed by atoms with E-state index in [-0.39, 0.29) is 12.4 Å². The standard InChI is InChI=1S/C21H18O4/c1-14(22)16-10-11-20(24-2)17(12-16)13-25-21(23)19-9-5-7-15-6-3-4-8-18(15)19/h3-12H,13H2,1-2H3. The molecule has 0 spiro atoms. The minimum Gasteiger partial charge on any atom is -0.496 e. The molecule has 0 N–H and O–H groups in total. The average molecular weight is 334 g/mol. The van der Waals surface area contributed by atoms with Crippen molar-refractivity contribution >= 4 is 22.5 Å². The van der Waals surface area contributed by atoms with Crippen LogP contribution in [0.15, 0.2) is 60.7 Å². The number of rotatable bonds is 5. The first-order valence-corrected chi connectivity index (χ1v) is 7.93. The van der Waals surface area contributed by atoms with Crippen LogP contribution in [0.3, 0.4) is 0 Å². The van der Waals surface area contributed by atoms with Gasteiger partial charge in [-0.3, -0.25) is 4.79 Å². The molecule has 0 bridgehead atoms. The molecule has 0 fully saturated rings. The molecular formula is C21H18O4. The van der Waals surface area contributed by atoms with Crippen LogP contribution in [0.4, 0.5) is 0 Å². The molecule has 3 rings (SSSR count). The molecule has 0 aliphatic heterocycles. The maximum atomic E-state index is 12.5. The van der Waals surface area contributed by atoms with Crippen LogP contribution < -0.4 is 4.74 Å². The fourth-order valence-electron chi connectivity index (χ4n) is 2.73. The molecule has 0 amide bonds. The summed E-state index contributed by atoms with van der Waals surface area (Å²) in [5.41, 5.74) is 1.72. The van der Waals surface area contributed by atoms with Gasteiger partial charge in [0.15, 0.2) is 5.78 Å². The van der Waals surface area contributed by atoms with Crippen molar-refractivity contribution in [2.75, 3.05) is 7.11 Å². The fraction of sp³-hybridized carbons (Fsp3) is 0.143. The maximum Gasteiger partial charge on any atom is 0.339 e. The summed E-state index contributed by atoms with van der Waals surface area (Å²) in [4.78, 5) is 24.1. The van der Waals surface area contributed by atoms with Crippen LogP contribution >= 0.6 is 0 Å². The number of ketones is 1. The SMILES string of the molecule is COc1ccc(C(C)=O)cc1COC(=O)c1cccc2ccccc12. The van der Waals surface area contributed by atoms with Crippen molar-refractivity contribution in [3.05, 3.63) is 77.4 Å². The second-order valence-corrected chi connectivity index (χ2v) is 5.69. The molecular weight excluding hydrogens is 316 g/mol. The third-order valence-corrected chi connectivity index (χ3v) is 4.06. The lowest BCUT2D eigenvalue weighted by atomic mass is 10.0. The van der Waals surface area contributed by atoms with E-state index in [1.54, 1.807) is 31.4 Å². The van der Waals surface area contributed by atoms with Crippen molar-refractivity contribution in [1.82, 2.24) is 0 Å². The Hall–Kier alpha value is -3.14. The van der Waals surface area contributed by atoms with Gasteiger partial charge in [0.2, 0.25) is 0 Å². The van der Waals surface area contributed by atoms with Crippen LogP contribution in [0.1, 0.15) is 33.2 Å². The van der Waals surface area contributed by atoms with Gasteiger partial charge in [-0.1, -0.05) is 36.4 Å². The highest BCUT2D eigenvalue weighted by molar-refractivity contribution is 6.04. The molecule has 4 heteroatoms. The Labute approximate surface area is 146 Å². The summed E-state index contributed by atoms with van der Waals surface area (Å²) in [6.45, 7) is 1.53. The molecule has 25 heavy (non-hydrogen) atoms. The van der Waals surface area contributed by atoms with E-state index in [9.17, 15) is 9.59 Å². The molecule has 0 saturated carbocycles. The molecule has 0 unspecified atom stereocenters. The third-order valence-electron chi connectivity index (χ3n) is 4.06. The van der Waals surface area contributed by atoms with E-state index in [4.69, 9.17) is 9.47 Å². The molecule has 0 aliphatic carbocycles. The number of ether oxygens (including phenoxy) is 2. The molecule has 0 aliphatic rings. The van der Waals surface area contributed by atoms with Crippen LogP contribution in [0, 0.1) is 0 Å². The summed E-state index contributed by atoms with van der Waals surface area (Å²) in [5, 5.41) is 1.83. The van der Waals surface area contributed by atoms with Gasteiger partial charge in [0.05, 0.1) is 12.7 Å². The molecule has 3 aromatic carbocycles. The van der Waals surface area contributed by atoms with Gasteiger partial charge in [-0.25, -0.2) is 4.79 Å². The molecule has 0 atom stereocenters. The van der Waals surface area contributed by atoms with Gasteiger partial charge < -0.3 is 9.47 Å². The van der Waals surface area contributed by atoms with E-state index in [2.05, 4.69) is 0 Å². The van der Waals surface area contributed by atoms with Gasteiger partial charge in [0.25, 0.3) is 0 Å². The first-order valence-electron chi connectivity index (χ1n) is 7.93. The van der Waals surface area contributed by atoms with Crippen molar-refractivity contribution in [3.63, 3.8) is 0 Å². The Kier molecular flexibility index (Phi) is 4.80. The van der Waals surface area contributed by atoms with E-state index in [0.717, 1.165) is 10.8 Å². The number of hydrogen-bond acceptors (Lipinski definition) is 4. The highest BCUT2D eigenvalue weighted by Gasteiger charge is 2.14. The zero-order valence-electron chi connectivity index (χ0n) is 14.1. The quantitative estimate of drug-likeness (QED) is 0.512. The monoisotopic (exact) mass is 334 g/mol.